The van der Waals surface area contributed by atoms with Crippen molar-refractivity contribution < 1.29 is 4.74 Å². The van der Waals surface area contributed by atoms with E-state index < -0.39 is 0 Å². The van der Waals surface area contributed by atoms with Crippen LogP contribution in [0.25, 0.3) is 0 Å². The maximum Gasteiger partial charge on any atom is 0.122 e. The molecule has 3 heteroatoms. The average Bonchev–Trinajstić information content (AvgIpc) is 2.46. The van der Waals surface area contributed by atoms with Gasteiger partial charge in [-0.3, -0.25) is 0 Å². The summed E-state index contributed by atoms with van der Waals surface area (Å²) < 4.78 is 6.50. The van der Waals surface area contributed by atoms with Crippen molar-refractivity contribution in [3.63, 3.8) is 0 Å². The lowest BCUT2D eigenvalue weighted by molar-refractivity contribution is 0.408. The first-order valence-electron chi connectivity index (χ1n) is 6.59. The number of hydrogen-bond donors (Lipinski definition) is 0. The molecule has 106 valence electrons. The van der Waals surface area contributed by atoms with E-state index >= 15 is 0 Å². The van der Waals surface area contributed by atoms with Gasteiger partial charge in [0.05, 0.1) is 7.11 Å². The van der Waals surface area contributed by atoms with Gasteiger partial charge in [0.25, 0.3) is 0 Å². The van der Waals surface area contributed by atoms with E-state index in [4.69, 9.17) is 16.3 Å². The number of hydrogen-bond acceptors (Lipinski definition) is 1. The third-order valence-electron chi connectivity index (χ3n) is 3.44. The van der Waals surface area contributed by atoms with Crippen LogP contribution in [-0.4, -0.2) is 13.0 Å². The van der Waals surface area contributed by atoms with E-state index in [0.29, 0.717) is 11.8 Å². The van der Waals surface area contributed by atoms with E-state index in [0.717, 1.165) is 16.6 Å². The summed E-state index contributed by atoms with van der Waals surface area (Å²) in [5.41, 5.74) is 3.71. The minimum atomic E-state index is 0.292. The predicted molar refractivity (Wildman–Crippen MR) is 89.0 cm³/mol. The SMILES string of the molecule is COc1ccc(Br)cc1CC(CCl)c1ccc(C)cc1. The molecule has 0 aliphatic carbocycles. The van der Waals surface area contributed by atoms with Gasteiger partial charge in [-0.2, -0.15) is 0 Å². The molecule has 2 aromatic carbocycles. The molecule has 1 atom stereocenters. The number of alkyl halides is 1. The second kappa shape index (κ2) is 7.14. The van der Waals surface area contributed by atoms with Crippen LogP contribution in [-0.2, 0) is 6.42 Å². The lowest BCUT2D eigenvalue weighted by Gasteiger charge is -2.17. The van der Waals surface area contributed by atoms with Crippen molar-refractivity contribution in [2.24, 2.45) is 0 Å². The molecular weight excluding hydrogens is 336 g/mol. The fraction of sp³-hybridized carbons (Fsp3) is 0.294. The standard InChI is InChI=1S/C17H18BrClO/c1-12-3-5-13(6-4-12)15(11-19)9-14-10-16(18)7-8-17(14)20-2/h3-8,10,15H,9,11H2,1-2H3. The highest BCUT2D eigenvalue weighted by Crippen LogP contribution is 2.30. The van der Waals surface area contributed by atoms with Crippen LogP contribution in [0.2, 0.25) is 0 Å². The summed E-state index contributed by atoms with van der Waals surface area (Å²) in [5, 5.41) is 0. The highest BCUT2D eigenvalue weighted by atomic mass is 79.9. The van der Waals surface area contributed by atoms with Gasteiger partial charge in [-0.05, 0) is 42.7 Å². The van der Waals surface area contributed by atoms with Crippen molar-refractivity contribution in [1.29, 1.82) is 0 Å². The molecule has 20 heavy (non-hydrogen) atoms. The number of methoxy groups -OCH3 is 1. The van der Waals surface area contributed by atoms with Gasteiger partial charge in [0.15, 0.2) is 0 Å². The molecule has 2 aromatic rings. The summed E-state index contributed by atoms with van der Waals surface area (Å²) in [4.78, 5) is 0. The highest BCUT2D eigenvalue weighted by Gasteiger charge is 2.14. The quantitative estimate of drug-likeness (QED) is 0.660. The van der Waals surface area contributed by atoms with Crippen LogP contribution >= 0.6 is 27.5 Å². The number of benzene rings is 2. The molecule has 2 rings (SSSR count). The summed E-state index contributed by atoms with van der Waals surface area (Å²) in [6.45, 7) is 2.09. The van der Waals surface area contributed by atoms with E-state index in [1.54, 1.807) is 7.11 Å². The molecule has 1 nitrogen and oxygen atoms in total. The second-order valence-electron chi connectivity index (χ2n) is 4.92. The number of halogens is 2. The Hall–Kier alpha value is -0.990. The normalized spacial score (nSPS) is 12.2. The smallest absolute Gasteiger partial charge is 0.122 e. The molecule has 0 fully saturated rings. The van der Waals surface area contributed by atoms with Crippen LogP contribution in [0, 0.1) is 6.92 Å². The lowest BCUT2D eigenvalue weighted by atomic mass is 9.92. The monoisotopic (exact) mass is 352 g/mol. The topological polar surface area (TPSA) is 9.23 Å². The van der Waals surface area contributed by atoms with Crippen LogP contribution in [0.5, 0.6) is 5.75 Å². The zero-order valence-corrected chi connectivity index (χ0v) is 14.0. The zero-order valence-electron chi connectivity index (χ0n) is 11.7. The zero-order chi connectivity index (χ0) is 14.5. The molecule has 0 saturated carbocycles. The summed E-state index contributed by atoms with van der Waals surface area (Å²) in [6.07, 6.45) is 0.870. The molecular formula is C17H18BrClO. The fourth-order valence-corrected chi connectivity index (χ4v) is 2.97. The lowest BCUT2D eigenvalue weighted by Crippen LogP contribution is -2.06. The first kappa shape index (κ1) is 15.4. The van der Waals surface area contributed by atoms with Crippen LogP contribution in [0.1, 0.15) is 22.6 Å². The Kier molecular flexibility index (Phi) is 5.50. The van der Waals surface area contributed by atoms with Crippen LogP contribution in [0.15, 0.2) is 46.9 Å². The molecule has 0 bridgehead atoms. The minimum absolute atomic E-state index is 0.292. The summed E-state index contributed by atoms with van der Waals surface area (Å²) in [6, 6.07) is 14.7. The molecule has 0 spiro atoms. The Bertz CT molecular complexity index is 566. The molecule has 0 N–H and O–H groups in total. The van der Waals surface area contributed by atoms with Crippen LogP contribution in [0.4, 0.5) is 0 Å². The van der Waals surface area contributed by atoms with E-state index in [1.807, 2.05) is 12.1 Å². The second-order valence-corrected chi connectivity index (χ2v) is 6.15. The third kappa shape index (κ3) is 3.77. The molecule has 1 unspecified atom stereocenters. The molecule has 0 saturated heterocycles. The van der Waals surface area contributed by atoms with Gasteiger partial charge in [0, 0.05) is 16.3 Å². The predicted octanol–water partition coefficient (Wildman–Crippen LogP) is 5.33. The van der Waals surface area contributed by atoms with E-state index in [1.165, 1.54) is 16.7 Å². The third-order valence-corrected chi connectivity index (χ3v) is 4.31. The highest BCUT2D eigenvalue weighted by molar-refractivity contribution is 9.10. The molecule has 0 aliphatic heterocycles. The molecule has 0 aromatic heterocycles. The Balaban J connectivity index is 2.26. The van der Waals surface area contributed by atoms with Crippen molar-refractivity contribution >= 4 is 27.5 Å². The van der Waals surface area contributed by atoms with Gasteiger partial charge >= 0.3 is 0 Å². The first-order valence-corrected chi connectivity index (χ1v) is 7.91. The van der Waals surface area contributed by atoms with Gasteiger partial charge in [0.2, 0.25) is 0 Å². The summed E-state index contributed by atoms with van der Waals surface area (Å²) >= 11 is 9.69. The van der Waals surface area contributed by atoms with Crippen molar-refractivity contribution in [2.45, 2.75) is 19.3 Å². The Morgan fingerprint density at radius 1 is 1.15 bits per heavy atom. The largest absolute Gasteiger partial charge is 0.496 e. The number of rotatable bonds is 5. The number of aryl methyl sites for hydroxylation is 1. The summed E-state index contributed by atoms with van der Waals surface area (Å²) in [7, 11) is 1.70. The Morgan fingerprint density at radius 2 is 1.85 bits per heavy atom. The Morgan fingerprint density at radius 3 is 2.45 bits per heavy atom. The van der Waals surface area contributed by atoms with Gasteiger partial charge in [-0.25, -0.2) is 0 Å². The van der Waals surface area contributed by atoms with Crippen LogP contribution < -0.4 is 4.74 Å². The van der Waals surface area contributed by atoms with Gasteiger partial charge in [-0.1, -0.05) is 45.8 Å². The molecule has 0 heterocycles. The van der Waals surface area contributed by atoms with E-state index in [2.05, 4.69) is 53.2 Å². The van der Waals surface area contributed by atoms with E-state index in [9.17, 15) is 0 Å². The molecule has 0 radical (unpaired) electrons. The Labute approximate surface area is 134 Å². The average molecular weight is 354 g/mol. The number of ether oxygens (including phenoxy) is 1. The maximum atomic E-state index is 6.17. The van der Waals surface area contributed by atoms with Crippen LogP contribution in [0.3, 0.4) is 0 Å². The molecule has 0 aliphatic rings. The van der Waals surface area contributed by atoms with Gasteiger partial charge < -0.3 is 4.74 Å². The van der Waals surface area contributed by atoms with E-state index in [-0.39, 0.29) is 0 Å². The van der Waals surface area contributed by atoms with Crippen molar-refractivity contribution in [3.8, 4) is 5.75 Å². The molecule has 0 amide bonds. The van der Waals surface area contributed by atoms with Crippen molar-refractivity contribution in [2.75, 3.05) is 13.0 Å². The maximum absolute atomic E-state index is 6.17. The minimum Gasteiger partial charge on any atom is -0.496 e. The first-order chi connectivity index (χ1) is 9.63. The fourth-order valence-electron chi connectivity index (χ4n) is 2.27. The van der Waals surface area contributed by atoms with Gasteiger partial charge in [-0.15, -0.1) is 11.6 Å². The summed E-state index contributed by atoms with van der Waals surface area (Å²) in [5.74, 6) is 1.80. The van der Waals surface area contributed by atoms with Crippen molar-refractivity contribution in [1.82, 2.24) is 0 Å². The van der Waals surface area contributed by atoms with Gasteiger partial charge in [0.1, 0.15) is 5.75 Å². The van der Waals surface area contributed by atoms with Crippen molar-refractivity contribution in [3.05, 3.63) is 63.6 Å².